The molecule has 0 amide bonds. The number of hydrogen-bond donors (Lipinski definition) is 2. The van der Waals surface area contributed by atoms with Crippen LogP contribution in [-0.2, 0) is 0 Å². The monoisotopic (exact) mass is 281 g/mol. The van der Waals surface area contributed by atoms with E-state index in [0.717, 1.165) is 12.1 Å². The maximum atomic E-state index is 10.8. The number of carboxylic acids is 1. The van der Waals surface area contributed by atoms with Gasteiger partial charge in [-0.05, 0) is 40.5 Å². The van der Waals surface area contributed by atoms with Gasteiger partial charge in [0.25, 0.3) is 0 Å². The SMILES string of the molecule is C#CC(CC)Nc1ccc(C(=O)O)c(Br)c1. The number of nitrogens with one attached hydrogen (secondary N) is 1. The van der Waals surface area contributed by atoms with Crippen molar-refractivity contribution in [2.75, 3.05) is 5.32 Å². The lowest BCUT2D eigenvalue weighted by atomic mass is 10.2. The molecule has 2 N–H and O–H groups in total. The van der Waals surface area contributed by atoms with Crippen molar-refractivity contribution in [1.82, 2.24) is 0 Å². The maximum absolute atomic E-state index is 10.8. The molecule has 0 radical (unpaired) electrons. The molecule has 0 fully saturated rings. The topological polar surface area (TPSA) is 49.3 Å². The van der Waals surface area contributed by atoms with Gasteiger partial charge in [-0.3, -0.25) is 0 Å². The van der Waals surface area contributed by atoms with Crippen molar-refractivity contribution in [3.8, 4) is 12.3 Å². The molecule has 1 aromatic rings. The van der Waals surface area contributed by atoms with Gasteiger partial charge in [0.2, 0.25) is 0 Å². The summed E-state index contributed by atoms with van der Waals surface area (Å²) in [4.78, 5) is 10.8. The van der Waals surface area contributed by atoms with Crippen molar-refractivity contribution in [3.05, 3.63) is 28.2 Å². The number of halogens is 1. The van der Waals surface area contributed by atoms with Gasteiger partial charge >= 0.3 is 5.97 Å². The summed E-state index contributed by atoms with van der Waals surface area (Å²) in [6.07, 6.45) is 6.14. The lowest BCUT2D eigenvalue weighted by molar-refractivity contribution is 0.0696. The summed E-state index contributed by atoms with van der Waals surface area (Å²) in [7, 11) is 0. The summed E-state index contributed by atoms with van der Waals surface area (Å²) in [5, 5.41) is 12.0. The highest BCUT2D eigenvalue weighted by Crippen LogP contribution is 2.22. The Morgan fingerprint density at radius 1 is 1.69 bits per heavy atom. The first-order valence-electron chi connectivity index (χ1n) is 4.84. The molecule has 4 heteroatoms. The quantitative estimate of drug-likeness (QED) is 0.835. The summed E-state index contributed by atoms with van der Waals surface area (Å²) in [5.74, 6) is 1.66. The number of anilines is 1. The predicted molar refractivity (Wildman–Crippen MR) is 67.6 cm³/mol. The third kappa shape index (κ3) is 3.01. The molecule has 1 aromatic carbocycles. The van der Waals surface area contributed by atoms with Crippen molar-refractivity contribution in [2.24, 2.45) is 0 Å². The molecule has 1 rings (SSSR count). The second-order valence-corrected chi connectivity index (χ2v) is 4.13. The van der Waals surface area contributed by atoms with E-state index in [2.05, 4.69) is 27.2 Å². The van der Waals surface area contributed by atoms with E-state index in [0.29, 0.717) is 4.47 Å². The number of hydrogen-bond acceptors (Lipinski definition) is 2. The van der Waals surface area contributed by atoms with Crippen LogP contribution in [0, 0.1) is 12.3 Å². The fourth-order valence-corrected chi connectivity index (χ4v) is 1.79. The lowest BCUT2D eigenvalue weighted by Crippen LogP contribution is -2.15. The van der Waals surface area contributed by atoms with Gasteiger partial charge in [0.05, 0.1) is 11.6 Å². The van der Waals surface area contributed by atoms with Gasteiger partial charge in [0, 0.05) is 10.2 Å². The molecule has 0 aliphatic rings. The summed E-state index contributed by atoms with van der Waals surface area (Å²) < 4.78 is 0.539. The number of carbonyl (C=O) groups is 1. The Balaban J connectivity index is 2.90. The minimum Gasteiger partial charge on any atom is -0.478 e. The largest absolute Gasteiger partial charge is 0.478 e. The van der Waals surface area contributed by atoms with Crippen molar-refractivity contribution in [2.45, 2.75) is 19.4 Å². The molecule has 0 heterocycles. The summed E-state index contributed by atoms with van der Waals surface area (Å²) in [6, 6.07) is 4.91. The molecular weight excluding hydrogens is 270 g/mol. The van der Waals surface area contributed by atoms with Crippen molar-refractivity contribution in [1.29, 1.82) is 0 Å². The molecule has 0 aliphatic heterocycles. The van der Waals surface area contributed by atoms with Crippen LogP contribution in [0.4, 0.5) is 5.69 Å². The van der Waals surface area contributed by atoms with Crippen LogP contribution in [0.5, 0.6) is 0 Å². The van der Waals surface area contributed by atoms with Crippen molar-refractivity contribution < 1.29 is 9.90 Å². The van der Waals surface area contributed by atoms with Gasteiger partial charge in [-0.15, -0.1) is 6.42 Å². The van der Waals surface area contributed by atoms with Crippen molar-refractivity contribution in [3.63, 3.8) is 0 Å². The minimum atomic E-state index is -0.956. The molecule has 0 saturated carbocycles. The first-order valence-corrected chi connectivity index (χ1v) is 5.63. The average molecular weight is 282 g/mol. The average Bonchev–Trinajstić information content (AvgIpc) is 2.25. The lowest BCUT2D eigenvalue weighted by Gasteiger charge is -2.12. The Morgan fingerprint density at radius 3 is 2.81 bits per heavy atom. The Morgan fingerprint density at radius 2 is 2.38 bits per heavy atom. The Bertz CT molecular complexity index is 437. The normalized spacial score (nSPS) is 11.6. The zero-order valence-corrected chi connectivity index (χ0v) is 10.4. The fraction of sp³-hybridized carbons (Fsp3) is 0.250. The molecule has 0 saturated heterocycles. The molecule has 0 spiro atoms. The van der Waals surface area contributed by atoms with E-state index < -0.39 is 5.97 Å². The Labute approximate surface area is 103 Å². The smallest absolute Gasteiger partial charge is 0.336 e. The highest BCUT2D eigenvalue weighted by molar-refractivity contribution is 9.10. The number of carboxylic acid groups (broad SMARTS) is 1. The van der Waals surface area contributed by atoms with Crippen LogP contribution >= 0.6 is 15.9 Å². The highest BCUT2D eigenvalue weighted by atomic mass is 79.9. The van der Waals surface area contributed by atoms with E-state index >= 15 is 0 Å². The first kappa shape index (κ1) is 12.6. The third-order valence-corrected chi connectivity index (χ3v) is 2.81. The Kier molecular flexibility index (Phi) is 4.39. The summed E-state index contributed by atoms with van der Waals surface area (Å²) in [5.41, 5.74) is 1.04. The predicted octanol–water partition coefficient (Wildman–Crippen LogP) is 2.97. The van der Waals surface area contributed by atoms with Gasteiger partial charge in [0.15, 0.2) is 0 Å². The van der Waals surface area contributed by atoms with Gasteiger partial charge < -0.3 is 10.4 Å². The van der Waals surface area contributed by atoms with E-state index in [-0.39, 0.29) is 11.6 Å². The van der Waals surface area contributed by atoms with Crippen LogP contribution in [0.25, 0.3) is 0 Å². The second kappa shape index (κ2) is 5.57. The molecule has 84 valence electrons. The molecule has 0 aromatic heterocycles. The van der Waals surface area contributed by atoms with E-state index in [1.807, 2.05) is 6.92 Å². The zero-order chi connectivity index (χ0) is 12.1. The third-order valence-electron chi connectivity index (χ3n) is 2.15. The van der Waals surface area contributed by atoms with Crippen LogP contribution in [0.1, 0.15) is 23.7 Å². The number of benzene rings is 1. The van der Waals surface area contributed by atoms with Crippen molar-refractivity contribution >= 4 is 27.6 Å². The van der Waals surface area contributed by atoms with Crippen LogP contribution < -0.4 is 5.32 Å². The first-order chi connectivity index (χ1) is 7.58. The molecule has 3 nitrogen and oxygen atoms in total. The fourth-order valence-electron chi connectivity index (χ4n) is 1.24. The number of rotatable bonds is 4. The van der Waals surface area contributed by atoms with Crippen LogP contribution in [0.15, 0.2) is 22.7 Å². The minimum absolute atomic E-state index is 0.0393. The van der Waals surface area contributed by atoms with E-state index in [1.165, 1.54) is 6.07 Å². The van der Waals surface area contributed by atoms with Gasteiger partial charge in [0.1, 0.15) is 0 Å². The molecule has 0 bridgehead atoms. The standard InChI is InChI=1S/C12H12BrNO2/c1-3-8(4-2)14-9-5-6-10(12(15)16)11(13)7-9/h1,5-8,14H,4H2,2H3,(H,15,16). The van der Waals surface area contributed by atoms with Crippen LogP contribution in [0.2, 0.25) is 0 Å². The van der Waals surface area contributed by atoms with E-state index in [1.54, 1.807) is 12.1 Å². The molecular formula is C12H12BrNO2. The number of terminal acetylenes is 1. The highest BCUT2D eigenvalue weighted by Gasteiger charge is 2.09. The summed E-state index contributed by atoms with van der Waals surface area (Å²) >= 11 is 3.21. The number of aromatic carboxylic acids is 1. The van der Waals surface area contributed by atoms with E-state index in [9.17, 15) is 4.79 Å². The molecule has 0 aliphatic carbocycles. The summed E-state index contributed by atoms with van der Waals surface area (Å²) in [6.45, 7) is 1.98. The van der Waals surface area contributed by atoms with Gasteiger partial charge in [-0.25, -0.2) is 4.79 Å². The van der Waals surface area contributed by atoms with Crippen LogP contribution in [-0.4, -0.2) is 17.1 Å². The second-order valence-electron chi connectivity index (χ2n) is 3.27. The van der Waals surface area contributed by atoms with Gasteiger partial charge in [-0.1, -0.05) is 12.8 Å². The van der Waals surface area contributed by atoms with Crippen LogP contribution in [0.3, 0.4) is 0 Å². The molecule has 16 heavy (non-hydrogen) atoms. The molecule has 1 atom stereocenters. The Hall–Kier alpha value is -1.47. The maximum Gasteiger partial charge on any atom is 0.336 e. The van der Waals surface area contributed by atoms with Gasteiger partial charge in [-0.2, -0.15) is 0 Å². The zero-order valence-electron chi connectivity index (χ0n) is 8.83. The van der Waals surface area contributed by atoms with E-state index in [4.69, 9.17) is 11.5 Å². The molecule has 1 unspecified atom stereocenters.